The number of nitro benzene ring substituents is 1. The number of non-ortho nitro benzene ring substituents is 1. The molecule has 0 aliphatic heterocycles. The SMILES string of the molecule is CC(CCCNc1ccc([N+](=O)[O-])cc1)C(=O)O. The quantitative estimate of drug-likeness (QED) is 0.442. The molecule has 1 aromatic carbocycles. The Morgan fingerprint density at radius 2 is 2.06 bits per heavy atom. The molecule has 0 spiro atoms. The van der Waals surface area contributed by atoms with Crippen LogP contribution in [0.2, 0.25) is 0 Å². The van der Waals surface area contributed by atoms with E-state index in [9.17, 15) is 14.9 Å². The van der Waals surface area contributed by atoms with Crippen molar-refractivity contribution in [2.75, 3.05) is 11.9 Å². The highest BCUT2D eigenvalue weighted by Crippen LogP contribution is 2.15. The molecule has 2 N–H and O–H groups in total. The van der Waals surface area contributed by atoms with Crippen molar-refractivity contribution in [1.82, 2.24) is 0 Å². The van der Waals surface area contributed by atoms with Crippen LogP contribution in [0.15, 0.2) is 24.3 Å². The number of aliphatic carboxylic acids is 1. The molecule has 0 fully saturated rings. The predicted molar refractivity (Wildman–Crippen MR) is 67.6 cm³/mol. The van der Waals surface area contributed by atoms with Gasteiger partial charge in [-0.3, -0.25) is 14.9 Å². The molecule has 0 aliphatic carbocycles. The monoisotopic (exact) mass is 252 g/mol. The molecule has 1 atom stereocenters. The molecular weight excluding hydrogens is 236 g/mol. The first-order valence-electron chi connectivity index (χ1n) is 5.72. The van der Waals surface area contributed by atoms with Crippen LogP contribution in [0.3, 0.4) is 0 Å². The van der Waals surface area contributed by atoms with Crippen LogP contribution in [0.1, 0.15) is 19.8 Å². The molecule has 0 aliphatic rings. The Hall–Kier alpha value is -2.11. The van der Waals surface area contributed by atoms with Gasteiger partial charge in [-0.05, 0) is 25.0 Å². The molecule has 6 heteroatoms. The van der Waals surface area contributed by atoms with Gasteiger partial charge in [0, 0.05) is 24.4 Å². The van der Waals surface area contributed by atoms with Crippen LogP contribution in [0.4, 0.5) is 11.4 Å². The third kappa shape index (κ3) is 4.40. The lowest BCUT2D eigenvalue weighted by atomic mass is 10.1. The number of carbonyl (C=O) groups is 1. The van der Waals surface area contributed by atoms with Crippen molar-refractivity contribution < 1.29 is 14.8 Å². The fourth-order valence-corrected chi connectivity index (χ4v) is 1.47. The van der Waals surface area contributed by atoms with Gasteiger partial charge in [0.25, 0.3) is 5.69 Å². The number of nitrogens with one attached hydrogen (secondary N) is 1. The number of benzene rings is 1. The summed E-state index contributed by atoms with van der Waals surface area (Å²) in [6, 6.07) is 6.14. The van der Waals surface area contributed by atoms with Crippen LogP contribution in [0.25, 0.3) is 0 Å². The minimum atomic E-state index is -0.787. The van der Waals surface area contributed by atoms with Crippen LogP contribution in [0, 0.1) is 16.0 Å². The summed E-state index contributed by atoms with van der Waals surface area (Å²) in [4.78, 5) is 20.6. The van der Waals surface area contributed by atoms with Crippen LogP contribution in [0.5, 0.6) is 0 Å². The second-order valence-corrected chi connectivity index (χ2v) is 4.11. The van der Waals surface area contributed by atoms with Gasteiger partial charge in [-0.15, -0.1) is 0 Å². The Balaban J connectivity index is 2.31. The molecule has 6 nitrogen and oxygen atoms in total. The third-order valence-corrected chi connectivity index (χ3v) is 2.64. The van der Waals surface area contributed by atoms with E-state index in [1.54, 1.807) is 19.1 Å². The lowest BCUT2D eigenvalue weighted by molar-refractivity contribution is -0.384. The van der Waals surface area contributed by atoms with Gasteiger partial charge >= 0.3 is 5.97 Å². The summed E-state index contributed by atoms with van der Waals surface area (Å²) >= 11 is 0. The van der Waals surface area contributed by atoms with Crippen molar-refractivity contribution in [1.29, 1.82) is 0 Å². The summed E-state index contributed by atoms with van der Waals surface area (Å²) in [7, 11) is 0. The first-order valence-corrected chi connectivity index (χ1v) is 5.72. The van der Waals surface area contributed by atoms with Crippen molar-refractivity contribution in [2.45, 2.75) is 19.8 Å². The fraction of sp³-hybridized carbons (Fsp3) is 0.417. The van der Waals surface area contributed by atoms with E-state index in [1.807, 2.05) is 0 Å². The smallest absolute Gasteiger partial charge is 0.306 e. The number of hydrogen-bond donors (Lipinski definition) is 2. The van der Waals surface area contributed by atoms with E-state index in [4.69, 9.17) is 5.11 Å². The molecule has 98 valence electrons. The number of carboxylic acid groups (broad SMARTS) is 1. The molecule has 0 aromatic heterocycles. The summed E-state index contributed by atoms with van der Waals surface area (Å²) in [6.07, 6.45) is 1.35. The average molecular weight is 252 g/mol. The number of carboxylic acids is 1. The fourth-order valence-electron chi connectivity index (χ4n) is 1.47. The van der Waals surface area contributed by atoms with Gasteiger partial charge in [-0.2, -0.15) is 0 Å². The van der Waals surface area contributed by atoms with Crippen molar-refractivity contribution >= 4 is 17.3 Å². The van der Waals surface area contributed by atoms with Crippen LogP contribution in [-0.2, 0) is 4.79 Å². The van der Waals surface area contributed by atoms with E-state index in [0.29, 0.717) is 13.0 Å². The summed E-state index contributed by atoms with van der Waals surface area (Å²) in [5.41, 5.74) is 0.851. The highest BCUT2D eigenvalue weighted by atomic mass is 16.6. The molecule has 0 amide bonds. The zero-order chi connectivity index (χ0) is 13.5. The van der Waals surface area contributed by atoms with E-state index < -0.39 is 10.9 Å². The topological polar surface area (TPSA) is 92.5 Å². The molecule has 0 bridgehead atoms. The summed E-state index contributed by atoms with van der Waals surface area (Å²) < 4.78 is 0. The molecule has 0 radical (unpaired) electrons. The largest absolute Gasteiger partial charge is 0.481 e. The Morgan fingerprint density at radius 1 is 1.44 bits per heavy atom. The molecule has 1 unspecified atom stereocenters. The normalized spacial score (nSPS) is 11.8. The van der Waals surface area contributed by atoms with E-state index in [-0.39, 0.29) is 11.6 Å². The minimum Gasteiger partial charge on any atom is -0.481 e. The molecule has 1 rings (SSSR count). The molecule has 18 heavy (non-hydrogen) atoms. The van der Waals surface area contributed by atoms with Gasteiger partial charge < -0.3 is 10.4 Å². The van der Waals surface area contributed by atoms with Gasteiger partial charge in [-0.25, -0.2) is 0 Å². The maximum atomic E-state index is 10.6. The van der Waals surface area contributed by atoms with Crippen LogP contribution in [-0.4, -0.2) is 22.5 Å². The summed E-state index contributed by atoms with van der Waals surface area (Å²) in [5.74, 6) is -1.13. The lowest BCUT2D eigenvalue weighted by Crippen LogP contribution is -2.11. The summed E-state index contributed by atoms with van der Waals surface area (Å²) in [5, 5.41) is 22.2. The number of nitro groups is 1. The molecule has 1 aromatic rings. The highest BCUT2D eigenvalue weighted by molar-refractivity contribution is 5.69. The zero-order valence-electron chi connectivity index (χ0n) is 10.1. The first-order chi connectivity index (χ1) is 8.50. The minimum absolute atomic E-state index is 0.0556. The Kier molecular flexibility index (Phi) is 5.10. The standard InChI is InChI=1S/C12H16N2O4/c1-9(12(15)16)3-2-8-13-10-4-6-11(7-5-10)14(17)18/h4-7,9,13H,2-3,8H2,1H3,(H,15,16). The number of anilines is 1. The zero-order valence-corrected chi connectivity index (χ0v) is 10.1. The van der Waals surface area contributed by atoms with Crippen LogP contribution < -0.4 is 5.32 Å². The summed E-state index contributed by atoms with van der Waals surface area (Å²) in [6.45, 7) is 2.32. The van der Waals surface area contributed by atoms with E-state index >= 15 is 0 Å². The number of hydrogen-bond acceptors (Lipinski definition) is 4. The van der Waals surface area contributed by atoms with Gasteiger partial charge in [0.2, 0.25) is 0 Å². The number of rotatable bonds is 7. The van der Waals surface area contributed by atoms with Crippen LogP contribution >= 0.6 is 0 Å². The van der Waals surface area contributed by atoms with Gasteiger partial charge in [-0.1, -0.05) is 6.92 Å². The van der Waals surface area contributed by atoms with Crippen molar-refractivity contribution in [3.63, 3.8) is 0 Å². The second kappa shape index (κ2) is 6.58. The molecule has 0 heterocycles. The predicted octanol–water partition coefficient (Wildman–Crippen LogP) is 2.51. The van der Waals surface area contributed by atoms with Gasteiger partial charge in [0.1, 0.15) is 0 Å². The molecule has 0 saturated heterocycles. The number of nitrogens with zero attached hydrogens (tertiary/aromatic N) is 1. The molecule has 0 saturated carbocycles. The lowest BCUT2D eigenvalue weighted by Gasteiger charge is -2.08. The van der Waals surface area contributed by atoms with Crippen molar-refractivity contribution in [2.24, 2.45) is 5.92 Å². The maximum absolute atomic E-state index is 10.6. The Labute approximate surface area is 105 Å². The first kappa shape index (κ1) is 14.0. The Morgan fingerprint density at radius 3 is 2.56 bits per heavy atom. The maximum Gasteiger partial charge on any atom is 0.306 e. The van der Waals surface area contributed by atoms with Crippen molar-refractivity contribution in [3.8, 4) is 0 Å². The van der Waals surface area contributed by atoms with Crippen molar-refractivity contribution in [3.05, 3.63) is 34.4 Å². The third-order valence-electron chi connectivity index (χ3n) is 2.64. The van der Waals surface area contributed by atoms with E-state index in [2.05, 4.69) is 5.32 Å². The van der Waals surface area contributed by atoms with E-state index in [1.165, 1.54) is 12.1 Å². The second-order valence-electron chi connectivity index (χ2n) is 4.11. The van der Waals surface area contributed by atoms with E-state index in [0.717, 1.165) is 12.1 Å². The highest BCUT2D eigenvalue weighted by Gasteiger charge is 2.09. The Bertz CT molecular complexity index is 417. The average Bonchev–Trinajstić information content (AvgIpc) is 2.34. The molecular formula is C12H16N2O4. The van der Waals surface area contributed by atoms with Gasteiger partial charge in [0.05, 0.1) is 10.8 Å². The van der Waals surface area contributed by atoms with Gasteiger partial charge in [0.15, 0.2) is 0 Å².